The van der Waals surface area contributed by atoms with Gasteiger partial charge in [0.15, 0.2) is 0 Å². The summed E-state index contributed by atoms with van der Waals surface area (Å²) in [5.41, 5.74) is 0.956. The van der Waals surface area contributed by atoms with E-state index in [0.717, 1.165) is 17.1 Å². The molecule has 0 aromatic heterocycles. The highest BCUT2D eigenvalue weighted by Gasteiger charge is 2.05. The van der Waals surface area contributed by atoms with Crippen molar-refractivity contribution in [3.8, 4) is 11.5 Å². The lowest BCUT2D eigenvalue weighted by Crippen LogP contribution is -2.23. The molecule has 0 amide bonds. The van der Waals surface area contributed by atoms with Crippen LogP contribution in [0.2, 0.25) is 0 Å². The van der Waals surface area contributed by atoms with Crippen LogP contribution in [-0.2, 0) is 16.1 Å². The van der Waals surface area contributed by atoms with Crippen molar-refractivity contribution in [1.82, 2.24) is 5.32 Å². The van der Waals surface area contributed by atoms with Gasteiger partial charge >= 0.3 is 5.97 Å². The van der Waals surface area contributed by atoms with Crippen LogP contribution < -0.4 is 14.8 Å². The Bertz CT molecular complexity index is 399. The van der Waals surface area contributed by atoms with Crippen LogP contribution in [0.4, 0.5) is 0 Å². The summed E-state index contributed by atoms with van der Waals surface area (Å²) in [6.07, 6.45) is 4.08. The number of ether oxygens (including phenoxy) is 3. The standard InChI is InChI=1S/C12H17NO4.C2H6S/c1-15-10-5-4-9(11(6-10)16-2)7-13-8-12(14)17-3;1-3-2/h4-6,13H,7-8H2,1-3H3;1-2H3. The number of esters is 1. The van der Waals surface area contributed by atoms with Gasteiger partial charge in [-0.3, -0.25) is 4.79 Å². The van der Waals surface area contributed by atoms with Crippen LogP contribution in [0, 0.1) is 0 Å². The van der Waals surface area contributed by atoms with Crippen molar-refractivity contribution in [2.24, 2.45) is 0 Å². The Labute approximate surface area is 125 Å². The van der Waals surface area contributed by atoms with Crippen molar-refractivity contribution < 1.29 is 19.0 Å². The first kappa shape index (κ1) is 18.6. The van der Waals surface area contributed by atoms with E-state index >= 15 is 0 Å². The number of benzene rings is 1. The third-order valence-electron chi connectivity index (χ3n) is 2.31. The molecule has 0 saturated heterocycles. The van der Waals surface area contributed by atoms with Gasteiger partial charge in [0.1, 0.15) is 11.5 Å². The lowest BCUT2D eigenvalue weighted by atomic mass is 10.2. The molecule has 0 atom stereocenters. The van der Waals surface area contributed by atoms with Gasteiger partial charge in [0.2, 0.25) is 0 Å². The maximum atomic E-state index is 10.9. The molecule has 1 rings (SSSR count). The Hall–Kier alpha value is -1.40. The second kappa shape index (κ2) is 11.4. The average molecular weight is 301 g/mol. The third-order valence-corrected chi connectivity index (χ3v) is 2.31. The summed E-state index contributed by atoms with van der Waals surface area (Å²) < 4.78 is 14.9. The summed E-state index contributed by atoms with van der Waals surface area (Å²) in [6.45, 7) is 0.702. The molecule has 0 saturated carbocycles. The minimum Gasteiger partial charge on any atom is -0.497 e. The van der Waals surface area contributed by atoms with Crippen molar-refractivity contribution in [1.29, 1.82) is 0 Å². The first-order chi connectivity index (χ1) is 9.62. The monoisotopic (exact) mass is 301 g/mol. The molecule has 20 heavy (non-hydrogen) atoms. The molecule has 0 aliphatic carbocycles. The molecule has 5 nitrogen and oxygen atoms in total. The fourth-order valence-corrected chi connectivity index (χ4v) is 1.37. The number of methoxy groups -OCH3 is 3. The molecule has 1 N–H and O–H groups in total. The van der Waals surface area contributed by atoms with Crippen LogP contribution in [0.1, 0.15) is 5.56 Å². The summed E-state index contributed by atoms with van der Waals surface area (Å²) in [5.74, 6) is 1.16. The van der Waals surface area contributed by atoms with Crippen LogP contribution in [0.3, 0.4) is 0 Å². The maximum Gasteiger partial charge on any atom is 0.319 e. The lowest BCUT2D eigenvalue weighted by molar-refractivity contribution is -0.139. The van der Waals surface area contributed by atoms with E-state index in [1.54, 1.807) is 32.0 Å². The van der Waals surface area contributed by atoms with E-state index in [1.165, 1.54) is 7.11 Å². The molecular weight excluding hydrogens is 278 g/mol. The number of thioether (sulfide) groups is 1. The van der Waals surface area contributed by atoms with Gasteiger partial charge < -0.3 is 19.5 Å². The van der Waals surface area contributed by atoms with E-state index in [-0.39, 0.29) is 12.5 Å². The van der Waals surface area contributed by atoms with Crippen LogP contribution in [0.15, 0.2) is 18.2 Å². The predicted molar refractivity (Wildman–Crippen MR) is 82.7 cm³/mol. The average Bonchev–Trinajstić information content (AvgIpc) is 2.48. The Morgan fingerprint density at radius 2 is 1.85 bits per heavy atom. The zero-order valence-corrected chi connectivity index (χ0v) is 13.5. The molecule has 1 aromatic carbocycles. The van der Waals surface area contributed by atoms with Gasteiger partial charge in [0.25, 0.3) is 0 Å². The fraction of sp³-hybridized carbons (Fsp3) is 0.500. The predicted octanol–water partition coefficient (Wildman–Crippen LogP) is 1.95. The van der Waals surface area contributed by atoms with Crippen molar-refractivity contribution in [2.45, 2.75) is 6.54 Å². The van der Waals surface area contributed by atoms with Crippen molar-refractivity contribution in [3.05, 3.63) is 23.8 Å². The Morgan fingerprint density at radius 3 is 2.35 bits per heavy atom. The highest BCUT2D eigenvalue weighted by atomic mass is 32.2. The van der Waals surface area contributed by atoms with E-state index in [9.17, 15) is 4.79 Å². The quantitative estimate of drug-likeness (QED) is 0.811. The van der Waals surface area contributed by atoms with Gasteiger partial charge in [-0.1, -0.05) is 6.07 Å². The van der Waals surface area contributed by atoms with Gasteiger partial charge in [0, 0.05) is 18.2 Å². The van der Waals surface area contributed by atoms with Crippen molar-refractivity contribution in [3.63, 3.8) is 0 Å². The van der Waals surface area contributed by atoms with E-state index < -0.39 is 0 Å². The number of carbonyl (C=O) groups excluding carboxylic acids is 1. The minimum absolute atomic E-state index is 0.172. The van der Waals surface area contributed by atoms with Gasteiger partial charge in [-0.2, -0.15) is 11.8 Å². The highest BCUT2D eigenvalue weighted by Crippen LogP contribution is 2.24. The Kier molecular flexibility index (Phi) is 10.6. The van der Waals surface area contributed by atoms with Gasteiger partial charge in [0.05, 0.1) is 27.9 Å². The topological polar surface area (TPSA) is 56.8 Å². The van der Waals surface area contributed by atoms with Crippen LogP contribution in [-0.4, -0.2) is 46.4 Å². The number of hydrogen-bond donors (Lipinski definition) is 1. The number of hydrogen-bond acceptors (Lipinski definition) is 6. The van der Waals surface area contributed by atoms with E-state index in [1.807, 2.05) is 24.6 Å². The number of rotatable bonds is 6. The van der Waals surface area contributed by atoms with E-state index in [4.69, 9.17) is 9.47 Å². The van der Waals surface area contributed by atoms with Crippen LogP contribution in [0.5, 0.6) is 11.5 Å². The first-order valence-corrected chi connectivity index (χ1v) is 7.64. The van der Waals surface area contributed by atoms with Crippen LogP contribution >= 0.6 is 11.8 Å². The molecule has 0 unspecified atom stereocenters. The first-order valence-electron chi connectivity index (χ1n) is 6.01. The molecule has 0 radical (unpaired) electrons. The van der Waals surface area contributed by atoms with Gasteiger partial charge in [-0.05, 0) is 18.6 Å². The maximum absolute atomic E-state index is 10.9. The van der Waals surface area contributed by atoms with Gasteiger partial charge in [-0.25, -0.2) is 0 Å². The summed E-state index contributed by atoms with van der Waals surface area (Å²) in [4.78, 5) is 10.9. The SMILES string of the molecule is COC(=O)CNCc1ccc(OC)cc1OC.CSC. The van der Waals surface area contributed by atoms with E-state index in [2.05, 4.69) is 10.1 Å². The van der Waals surface area contributed by atoms with E-state index in [0.29, 0.717) is 6.54 Å². The molecule has 0 aliphatic rings. The molecule has 6 heteroatoms. The number of carbonyl (C=O) groups is 1. The summed E-state index contributed by atoms with van der Waals surface area (Å²) in [6, 6.07) is 5.54. The Morgan fingerprint density at radius 1 is 1.20 bits per heavy atom. The molecule has 0 fully saturated rings. The lowest BCUT2D eigenvalue weighted by Gasteiger charge is -2.10. The summed E-state index contributed by atoms with van der Waals surface area (Å²) in [7, 11) is 4.56. The fourth-order valence-electron chi connectivity index (χ4n) is 1.37. The second-order valence-corrected chi connectivity index (χ2v) is 4.58. The molecular formula is C14H23NO4S. The zero-order valence-electron chi connectivity index (χ0n) is 12.7. The molecule has 0 heterocycles. The second-order valence-electron chi connectivity index (χ2n) is 3.77. The zero-order chi connectivity index (χ0) is 15.4. The Balaban J connectivity index is 0.00000110. The molecule has 114 valence electrons. The molecule has 0 bridgehead atoms. The third kappa shape index (κ3) is 7.25. The summed E-state index contributed by atoms with van der Waals surface area (Å²) >= 11 is 1.75. The normalized spacial score (nSPS) is 9.25. The summed E-state index contributed by atoms with van der Waals surface area (Å²) in [5, 5.41) is 2.97. The molecule has 1 aromatic rings. The molecule has 0 spiro atoms. The smallest absolute Gasteiger partial charge is 0.319 e. The largest absolute Gasteiger partial charge is 0.497 e. The van der Waals surface area contributed by atoms with Crippen molar-refractivity contribution in [2.75, 3.05) is 40.4 Å². The highest BCUT2D eigenvalue weighted by molar-refractivity contribution is 7.97. The van der Waals surface area contributed by atoms with Crippen molar-refractivity contribution >= 4 is 17.7 Å². The minimum atomic E-state index is -0.294. The number of nitrogens with one attached hydrogen (secondary N) is 1. The molecule has 0 aliphatic heterocycles. The van der Waals surface area contributed by atoms with Crippen LogP contribution in [0.25, 0.3) is 0 Å². The van der Waals surface area contributed by atoms with Gasteiger partial charge in [-0.15, -0.1) is 0 Å².